The van der Waals surface area contributed by atoms with E-state index in [9.17, 15) is 4.79 Å². The summed E-state index contributed by atoms with van der Waals surface area (Å²) in [6.07, 6.45) is -0.279. The van der Waals surface area contributed by atoms with Gasteiger partial charge in [-0.1, -0.05) is 18.2 Å². The van der Waals surface area contributed by atoms with Crippen molar-refractivity contribution in [3.63, 3.8) is 0 Å². The van der Waals surface area contributed by atoms with E-state index in [0.29, 0.717) is 19.6 Å². The first-order chi connectivity index (χ1) is 8.16. The van der Waals surface area contributed by atoms with Gasteiger partial charge in [-0.15, -0.1) is 0 Å². The van der Waals surface area contributed by atoms with Crippen LogP contribution < -0.4 is 10.5 Å². The van der Waals surface area contributed by atoms with Gasteiger partial charge in [0, 0.05) is 12.6 Å². The number of para-hydroxylation sites is 1. The zero-order valence-corrected chi connectivity index (χ0v) is 9.45. The standard InChI is InChI=1S/C12H16N2O3/c13-9-6-10(14(7-9)12(15)16)8-17-11-4-2-1-3-5-11/h1-5,9-10H,6-8,13H2,(H,15,16)/t9-,10-/m1/s1. The molecule has 0 radical (unpaired) electrons. The average Bonchev–Trinajstić information content (AvgIpc) is 2.69. The molecule has 0 bridgehead atoms. The zero-order valence-electron chi connectivity index (χ0n) is 9.45. The van der Waals surface area contributed by atoms with Crippen molar-refractivity contribution in [2.24, 2.45) is 5.73 Å². The molecule has 3 N–H and O–H groups in total. The topological polar surface area (TPSA) is 75.8 Å². The van der Waals surface area contributed by atoms with E-state index in [1.807, 2.05) is 30.3 Å². The molecule has 1 aliphatic heterocycles. The third-order valence-corrected chi connectivity index (χ3v) is 2.88. The molecule has 92 valence electrons. The fourth-order valence-corrected chi connectivity index (χ4v) is 2.05. The third-order valence-electron chi connectivity index (χ3n) is 2.88. The molecule has 0 saturated carbocycles. The normalized spacial score (nSPS) is 23.7. The molecule has 0 aromatic heterocycles. The Morgan fingerprint density at radius 3 is 2.82 bits per heavy atom. The molecule has 0 spiro atoms. The number of ether oxygens (including phenoxy) is 1. The lowest BCUT2D eigenvalue weighted by molar-refractivity contribution is 0.123. The summed E-state index contributed by atoms with van der Waals surface area (Å²) >= 11 is 0. The van der Waals surface area contributed by atoms with Crippen molar-refractivity contribution < 1.29 is 14.6 Å². The second-order valence-electron chi connectivity index (χ2n) is 4.21. The molecule has 0 aliphatic carbocycles. The predicted octanol–water partition coefficient (Wildman–Crippen LogP) is 1.14. The van der Waals surface area contributed by atoms with Crippen molar-refractivity contribution in [3.05, 3.63) is 30.3 Å². The van der Waals surface area contributed by atoms with Crippen LogP contribution in [0.3, 0.4) is 0 Å². The summed E-state index contributed by atoms with van der Waals surface area (Å²) in [7, 11) is 0. The molecule has 1 heterocycles. The highest BCUT2D eigenvalue weighted by atomic mass is 16.5. The quantitative estimate of drug-likeness (QED) is 0.825. The highest BCUT2D eigenvalue weighted by molar-refractivity contribution is 5.66. The summed E-state index contributed by atoms with van der Waals surface area (Å²) < 4.78 is 5.56. The number of nitrogens with zero attached hydrogens (tertiary/aromatic N) is 1. The predicted molar refractivity (Wildman–Crippen MR) is 63.0 cm³/mol. The largest absolute Gasteiger partial charge is 0.491 e. The molecule has 2 rings (SSSR count). The lowest BCUT2D eigenvalue weighted by Crippen LogP contribution is -2.38. The number of rotatable bonds is 3. The van der Waals surface area contributed by atoms with Gasteiger partial charge in [0.05, 0.1) is 6.04 Å². The molecule has 17 heavy (non-hydrogen) atoms. The van der Waals surface area contributed by atoms with E-state index in [2.05, 4.69) is 0 Å². The van der Waals surface area contributed by atoms with Crippen LogP contribution in [-0.4, -0.2) is 41.3 Å². The molecule has 1 amide bonds. The molecule has 1 saturated heterocycles. The number of hydrogen-bond donors (Lipinski definition) is 2. The summed E-state index contributed by atoms with van der Waals surface area (Å²) in [4.78, 5) is 12.3. The minimum Gasteiger partial charge on any atom is -0.491 e. The molecule has 2 atom stereocenters. The fraction of sp³-hybridized carbons (Fsp3) is 0.417. The Balaban J connectivity index is 1.92. The highest BCUT2D eigenvalue weighted by Gasteiger charge is 2.33. The van der Waals surface area contributed by atoms with E-state index in [4.69, 9.17) is 15.6 Å². The van der Waals surface area contributed by atoms with Gasteiger partial charge in [0.25, 0.3) is 0 Å². The van der Waals surface area contributed by atoms with Gasteiger partial charge in [-0.25, -0.2) is 4.79 Å². The van der Waals surface area contributed by atoms with Crippen molar-refractivity contribution in [2.45, 2.75) is 18.5 Å². The second kappa shape index (κ2) is 5.05. The summed E-state index contributed by atoms with van der Waals surface area (Å²) in [5.41, 5.74) is 5.76. The molecule has 1 aromatic carbocycles. The number of benzene rings is 1. The SMILES string of the molecule is N[C@@H]1C[C@H](COc2ccccc2)N(C(=O)O)C1. The summed E-state index contributed by atoms with van der Waals surface area (Å²) in [6.45, 7) is 0.738. The number of carboxylic acid groups (broad SMARTS) is 1. The van der Waals surface area contributed by atoms with Crippen LogP contribution >= 0.6 is 0 Å². The van der Waals surface area contributed by atoms with E-state index in [-0.39, 0.29) is 12.1 Å². The van der Waals surface area contributed by atoms with Gasteiger partial charge < -0.3 is 20.5 Å². The minimum atomic E-state index is -0.931. The van der Waals surface area contributed by atoms with Crippen LogP contribution in [0, 0.1) is 0 Å². The molecule has 5 nitrogen and oxygen atoms in total. The van der Waals surface area contributed by atoms with Crippen molar-refractivity contribution in [2.75, 3.05) is 13.2 Å². The van der Waals surface area contributed by atoms with E-state index < -0.39 is 6.09 Å². The summed E-state index contributed by atoms with van der Waals surface area (Å²) in [6, 6.07) is 9.12. The van der Waals surface area contributed by atoms with E-state index >= 15 is 0 Å². The summed E-state index contributed by atoms with van der Waals surface area (Å²) in [5, 5.41) is 9.01. The third kappa shape index (κ3) is 2.88. The molecular weight excluding hydrogens is 220 g/mol. The first-order valence-electron chi connectivity index (χ1n) is 5.60. The Morgan fingerprint density at radius 1 is 1.47 bits per heavy atom. The maximum absolute atomic E-state index is 11.0. The van der Waals surface area contributed by atoms with Gasteiger partial charge in [0.2, 0.25) is 0 Å². The molecule has 1 fully saturated rings. The minimum absolute atomic E-state index is 0.0875. The van der Waals surface area contributed by atoms with Crippen LogP contribution in [0.15, 0.2) is 30.3 Å². The van der Waals surface area contributed by atoms with Crippen molar-refractivity contribution in [1.29, 1.82) is 0 Å². The monoisotopic (exact) mass is 236 g/mol. The Kier molecular flexibility index (Phi) is 3.49. The first-order valence-corrected chi connectivity index (χ1v) is 5.60. The van der Waals surface area contributed by atoms with Gasteiger partial charge in [0.15, 0.2) is 0 Å². The molecule has 1 aliphatic rings. The Hall–Kier alpha value is -1.75. The Morgan fingerprint density at radius 2 is 2.18 bits per heavy atom. The van der Waals surface area contributed by atoms with Crippen LogP contribution in [0.25, 0.3) is 0 Å². The average molecular weight is 236 g/mol. The van der Waals surface area contributed by atoms with E-state index in [0.717, 1.165) is 5.75 Å². The zero-order chi connectivity index (χ0) is 12.3. The maximum Gasteiger partial charge on any atom is 0.407 e. The molecular formula is C12H16N2O3. The number of hydrogen-bond acceptors (Lipinski definition) is 3. The van der Waals surface area contributed by atoms with Gasteiger partial charge in [-0.2, -0.15) is 0 Å². The molecule has 1 aromatic rings. The smallest absolute Gasteiger partial charge is 0.407 e. The highest BCUT2D eigenvalue weighted by Crippen LogP contribution is 2.18. The summed E-state index contributed by atoms with van der Waals surface area (Å²) in [5.74, 6) is 0.748. The van der Waals surface area contributed by atoms with Gasteiger partial charge in [0.1, 0.15) is 12.4 Å². The van der Waals surface area contributed by atoms with Crippen LogP contribution in [0.1, 0.15) is 6.42 Å². The fourth-order valence-electron chi connectivity index (χ4n) is 2.05. The number of amides is 1. The van der Waals surface area contributed by atoms with Crippen LogP contribution in [0.2, 0.25) is 0 Å². The van der Waals surface area contributed by atoms with Crippen LogP contribution in [-0.2, 0) is 0 Å². The van der Waals surface area contributed by atoms with Gasteiger partial charge in [-0.05, 0) is 18.6 Å². The Labute approximate surface area is 99.8 Å². The van der Waals surface area contributed by atoms with Crippen molar-refractivity contribution >= 4 is 6.09 Å². The van der Waals surface area contributed by atoms with Crippen molar-refractivity contribution in [1.82, 2.24) is 4.90 Å². The lowest BCUT2D eigenvalue weighted by Gasteiger charge is -2.21. The molecule has 5 heteroatoms. The first kappa shape index (κ1) is 11.7. The second-order valence-corrected chi connectivity index (χ2v) is 4.21. The van der Waals surface area contributed by atoms with Crippen LogP contribution in [0.4, 0.5) is 4.79 Å². The van der Waals surface area contributed by atoms with E-state index in [1.165, 1.54) is 4.90 Å². The number of nitrogens with two attached hydrogens (primary N) is 1. The van der Waals surface area contributed by atoms with Gasteiger partial charge in [-0.3, -0.25) is 0 Å². The Bertz CT molecular complexity index is 383. The van der Waals surface area contributed by atoms with Gasteiger partial charge >= 0.3 is 6.09 Å². The van der Waals surface area contributed by atoms with E-state index in [1.54, 1.807) is 0 Å². The van der Waals surface area contributed by atoms with Crippen molar-refractivity contribution in [3.8, 4) is 5.75 Å². The number of carbonyl (C=O) groups is 1. The molecule has 0 unspecified atom stereocenters. The lowest BCUT2D eigenvalue weighted by atomic mass is 10.2. The van der Waals surface area contributed by atoms with Crippen LogP contribution in [0.5, 0.6) is 5.75 Å². The number of likely N-dealkylation sites (tertiary alicyclic amines) is 1. The maximum atomic E-state index is 11.0.